The first-order valence-electron chi connectivity index (χ1n) is 7.27. The van der Waals surface area contributed by atoms with E-state index >= 15 is 0 Å². The standard InChI is InChI=1S/C15H31NO/c1-6-16-14(11-15(3,4)17-5)13-9-7-8-12(2)10-13/h12-14,16H,6-11H2,1-5H3. The van der Waals surface area contributed by atoms with Gasteiger partial charge in [0.2, 0.25) is 0 Å². The van der Waals surface area contributed by atoms with Gasteiger partial charge in [-0.15, -0.1) is 0 Å². The molecule has 0 aromatic rings. The highest BCUT2D eigenvalue weighted by molar-refractivity contribution is 4.86. The lowest BCUT2D eigenvalue weighted by Crippen LogP contribution is -2.43. The van der Waals surface area contributed by atoms with E-state index in [2.05, 4.69) is 33.0 Å². The molecule has 0 aromatic carbocycles. The van der Waals surface area contributed by atoms with Crippen molar-refractivity contribution >= 4 is 0 Å². The maximum Gasteiger partial charge on any atom is 0.0637 e. The van der Waals surface area contributed by atoms with Crippen LogP contribution in [0.5, 0.6) is 0 Å². The molecule has 102 valence electrons. The summed E-state index contributed by atoms with van der Waals surface area (Å²) >= 11 is 0. The first kappa shape index (κ1) is 15.0. The highest BCUT2D eigenvalue weighted by Crippen LogP contribution is 2.33. The third-order valence-corrected chi connectivity index (χ3v) is 4.28. The van der Waals surface area contributed by atoms with Crippen LogP contribution in [-0.2, 0) is 4.74 Å². The molecule has 1 fully saturated rings. The van der Waals surface area contributed by atoms with Gasteiger partial charge in [0.15, 0.2) is 0 Å². The van der Waals surface area contributed by atoms with Crippen LogP contribution < -0.4 is 5.32 Å². The molecular weight excluding hydrogens is 210 g/mol. The Morgan fingerprint density at radius 3 is 2.59 bits per heavy atom. The van der Waals surface area contributed by atoms with Crippen LogP contribution in [0.4, 0.5) is 0 Å². The Hall–Kier alpha value is -0.0800. The minimum atomic E-state index is -0.00643. The summed E-state index contributed by atoms with van der Waals surface area (Å²) in [6, 6.07) is 0.623. The van der Waals surface area contributed by atoms with E-state index < -0.39 is 0 Å². The Kier molecular flexibility index (Phi) is 5.94. The second-order valence-electron chi connectivity index (χ2n) is 6.36. The molecule has 3 atom stereocenters. The predicted octanol–water partition coefficient (Wildman–Crippen LogP) is 3.61. The first-order chi connectivity index (χ1) is 7.98. The second-order valence-corrected chi connectivity index (χ2v) is 6.36. The van der Waals surface area contributed by atoms with Crippen LogP contribution >= 0.6 is 0 Å². The molecule has 1 rings (SSSR count). The number of methoxy groups -OCH3 is 1. The molecular formula is C15H31NO. The van der Waals surface area contributed by atoms with Crippen LogP contribution in [-0.4, -0.2) is 25.3 Å². The van der Waals surface area contributed by atoms with Gasteiger partial charge in [-0.3, -0.25) is 0 Å². The number of hydrogen-bond donors (Lipinski definition) is 1. The third-order valence-electron chi connectivity index (χ3n) is 4.28. The van der Waals surface area contributed by atoms with E-state index in [4.69, 9.17) is 4.74 Å². The van der Waals surface area contributed by atoms with Crippen LogP contribution in [0.1, 0.15) is 59.8 Å². The van der Waals surface area contributed by atoms with Crippen molar-refractivity contribution in [1.29, 1.82) is 0 Å². The highest BCUT2D eigenvalue weighted by atomic mass is 16.5. The predicted molar refractivity (Wildman–Crippen MR) is 74.3 cm³/mol. The van der Waals surface area contributed by atoms with Crippen LogP contribution in [0.3, 0.4) is 0 Å². The van der Waals surface area contributed by atoms with E-state index in [1.54, 1.807) is 0 Å². The number of hydrogen-bond acceptors (Lipinski definition) is 2. The summed E-state index contributed by atoms with van der Waals surface area (Å²) in [6.07, 6.45) is 6.72. The fraction of sp³-hybridized carbons (Fsp3) is 1.00. The zero-order chi connectivity index (χ0) is 12.9. The molecule has 2 nitrogen and oxygen atoms in total. The SMILES string of the molecule is CCNC(CC(C)(C)OC)C1CCCC(C)C1. The molecule has 1 saturated carbocycles. The van der Waals surface area contributed by atoms with Crippen molar-refractivity contribution in [3.05, 3.63) is 0 Å². The smallest absolute Gasteiger partial charge is 0.0637 e. The van der Waals surface area contributed by atoms with E-state index in [-0.39, 0.29) is 5.60 Å². The van der Waals surface area contributed by atoms with Crippen LogP contribution in [0, 0.1) is 11.8 Å². The van der Waals surface area contributed by atoms with Gasteiger partial charge in [0.1, 0.15) is 0 Å². The Morgan fingerprint density at radius 2 is 2.06 bits per heavy atom. The molecule has 0 bridgehead atoms. The van der Waals surface area contributed by atoms with E-state index in [1.807, 2.05) is 7.11 Å². The van der Waals surface area contributed by atoms with E-state index in [9.17, 15) is 0 Å². The lowest BCUT2D eigenvalue weighted by molar-refractivity contribution is -0.00160. The highest BCUT2D eigenvalue weighted by Gasteiger charge is 2.30. The van der Waals surface area contributed by atoms with Crippen molar-refractivity contribution in [2.75, 3.05) is 13.7 Å². The van der Waals surface area contributed by atoms with Crippen molar-refractivity contribution in [2.24, 2.45) is 11.8 Å². The van der Waals surface area contributed by atoms with Crippen molar-refractivity contribution in [3.63, 3.8) is 0 Å². The summed E-state index contributed by atoms with van der Waals surface area (Å²) in [5.74, 6) is 1.74. The molecule has 2 heteroatoms. The van der Waals surface area contributed by atoms with Gasteiger partial charge >= 0.3 is 0 Å². The van der Waals surface area contributed by atoms with Gasteiger partial charge in [-0.1, -0.05) is 26.7 Å². The summed E-state index contributed by atoms with van der Waals surface area (Å²) in [4.78, 5) is 0. The monoisotopic (exact) mass is 241 g/mol. The van der Waals surface area contributed by atoms with Gasteiger partial charge in [0.05, 0.1) is 5.60 Å². The maximum absolute atomic E-state index is 5.59. The molecule has 0 radical (unpaired) electrons. The number of ether oxygens (including phenoxy) is 1. The normalized spacial score (nSPS) is 28.1. The molecule has 1 N–H and O–H groups in total. The van der Waals surface area contributed by atoms with Gasteiger partial charge in [-0.25, -0.2) is 0 Å². The molecule has 1 aliphatic rings. The molecule has 0 aliphatic heterocycles. The fourth-order valence-electron chi connectivity index (χ4n) is 3.13. The summed E-state index contributed by atoms with van der Waals surface area (Å²) in [5.41, 5.74) is -0.00643. The Labute approximate surface area is 108 Å². The van der Waals surface area contributed by atoms with Crippen molar-refractivity contribution in [3.8, 4) is 0 Å². The second kappa shape index (κ2) is 6.75. The summed E-state index contributed by atoms with van der Waals surface area (Å²) in [6.45, 7) is 10.1. The van der Waals surface area contributed by atoms with Crippen molar-refractivity contribution in [1.82, 2.24) is 5.32 Å². The summed E-state index contributed by atoms with van der Waals surface area (Å²) in [5, 5.41) is 3.68. The minimum Gasteiger partial charge on any atom is -0.379 e. The van der Waals surface area contributed by atoms with Gasteiger partial charge in [0, 0.05) is 13.2 Å². The topological polar surface area (TPSA) is 21.3 Å². The van der Waals surface area contributed by atoms with Gasteiger partial charge in [-0.2, -0.15) is 0 Å². The van der Waals surface area contributed by atoms with Crippen LogP contribution in [0.25, 0.3) is 0 Å². The molecule has 3 unspecified atom stereocenters. The van der Waals surface area contributed by atoms with Crippen LogP contribution in [0.15, 0.2) is 0 Å². The van der Waals surface area contributed by atoms with Gasteiger partial charge in [0.25, 0.3) is 0 Å². The number of rotatable bonds is 6. The number of nitrogens with one attached hydrogen (secondary N) is 1. The van der Waals surface area contributed by atoms with E-state index in [0.717, 1.165) is 24.8 Å². The molecule has 0 heterocycles. The van der Waals surface area contributed by atoms with Crippen molar-refractivity contribution < 1.29 is 4.74 Å². The van der Waals surface area contributed by atoms with Crippen LogP contribution in [0.2, 0.25) is 0 Å². The minimum absolute atomic E-state index is 0.00643. The van der Waals surface area contributed by atoms with Gasteiger partial charge in [-0.05, 0) is 51.5 Å². The Morgan fingerprint density at radius 1 is 1.35 bits per heavy atom. The largest absolute Gasteiger partial charge is 0.379 e. The molecule has 1 aliphatic carbocycles. The first-order valence-corrected chi connectivity index (χ1v) is 7.27. The Bertz CT molecular complexity index is 215. The van der Waals surface area contributed by atoms with Gasteiger partial charge < -0.3 is 10.1 Å². The fourth-order valence-corrected chi connectivity index (χ4v) is 3.13. The van der Waals surface area contributed by atoms with E-state index in [0.29, 0.717) is 6.04 Å². The average molecular weight is 241 g/mol. The zero-order valence-corrected chi connectivity index (χ0v) is 12.4. The lowest BCUT2D eigenvalue weighted by Gasteiger charge is -2.37. The maximum atomic E-state index is 5.59. The van der Waals surface area contributed by atoms with Crippen molar-refractivity contribution in [2.45, 2.75) is 71.4 Å². The zero-order valence-electron chi connectivity index (χ0n) is 12.4. The molecule has 0 spiro atoms. The molecule has 0 saturated heterocycles. The lowest BCUT2D eigenvalue weighted by atomic mass is 9.76. The van der Waals surface area contributed by atoms with E-state index in [1.165, 1.54) is 25.7 Å². The quantitative estimate of drug-likeness (QED) is 0.767. The summed E-state index contributed by atoms with van der Waals surface area (Å²) < 4.78 is 5.59. The summed E-state index contributed by atoms with van der Waals surface area (Å²) in [7, 11) is 1.83. The molecule has 0 amide bonds. The third kappa shape index (κ3) is 4.97. The molecule has 0 aromatic heterocycles. The molecule has 17 heavy (non-hydrogen) atoms. The average Bonchev–Trinajstić information content (AvgIpc) is 2.28. The Balaban J connectivity index is 2.57.